The number of nitrogens with zero attached hydrogens (tertiary/aromatic N) is 1. The molecule has 1 saturated carbocycles. The summed E-state index contributed by atoms with van der Waals surface area (Å²) in [6.45, 7) is 10.6. The van der Waals surface area contributed by atoms with Gasteiger partial charge >= 0.3 is 0 Å². The van der Waals surface area contributed by atoms with Crippen molar-refractivity contribution in [2.75, 3.05) is 13.6 Å². The molecule has 1 aliphatic carbocycles. The fraction of sp³-hybridized carbons (Fsp3) is 1.00. The molecule has 0 aliphatic heterocycles. The van der Waals surface area contributed by atoms with Crippen molar-refractivity contribution in [3.8, 4) is 0 Å². The maximum Gasteiger partial charge on any atom is 0.0122 e. The first-order valence-corrected chi connectivity index (χ1v) is 5.61. The van der Waals surface area contributed by atoms with E-state index in [0.29, 0.717) is 5.54 Å². The quantitative estimate of drug-likeness (QED) is 0.635. The molecule has 1 fully saturated rings. The van der Waals surface area contributed by atoms with Crippen LogP contribution in [0, 0.1) is 11.8 Å². The van der Waals surface area contributed by atoms with Gasteiger partial charge in [0.2, 0.25) is 0 Å². The van der Waals surface area contributed by atoms with Crippen molar-refractivity contribution in [1.29, 1.82) is 0 Å². The molecule has 0 aromatic rings. The summed E-state index contributed by atoms with van der Waals surface area (Å²) in [5.74, 6) is 1.93. The van der Waals surface area contributed by atoms with Crippen LogP contribution in [0.1, 0.15) is 47.0 Å². The van der Waals surface area contributed by atoms with Gasteiger partial charge in [0.25, 0.3) is 0 Å². The van der Waals surface area contributed by atoms with Crippen LogP contribution in [0.5, 0.6) is 0 Å². The molecule has 0 spiro atoms. The summed E-state index contributed by atoms with van der Waals surface area (Å²) in [6.07, 6.45) is 4.34. The summed E-state index contributed by atoms with van der Waals surface area (Å²) < 4.78 is 0. The molecule has 0 bridgehead atoms. The van der Waals surface area contributed by atoms with E-state index in [2.05, 4.69) is 39.6 Å². The molecule has 1 aliphatic rings. The summed E-state index contributed by atoms with van der Waals surface area (Å²) in [5, 5.41) is 0. The van der Waals surface area contributed by atoms with Gasteiger partial charge in [0.15, 0.2) is 0 Å². The van der Waals surface area contributed by atoms with Crippen molar-refractivity contribution in [2.24, 2.45) is 11.8 Å². The topological polar surface area (TPSA) is 3.24 Å². The molecule has 1 rings (SSSR count). The zero-order valence-corrected chi connectivity index (χ0v) is 9.93. The van der Waals surface area contributed by atoms with Crippen LogP contribution < -0.4 is 0 Å². The fourth-order valence-electron chi connectivity index (χ4n) is 2.15. The van der Waals surface area contributed by atoms with Crippen LogP contribution in [-0.2, 0) is 0 Å². The van der Waals surface area contributed by atoms with Crippen LogP contribution in [0.2, 0.25) is 0 Å². The summed E-state index contributed by atoms with van der Waals surface area (Å²) in [6, 6.07) is 0. The first-order valence-electron chi connectivity index (χ1n) is 5.61. The van der Waals surface area contributed by atoms with Gasteiger partial charge in [-0.1, -0.05) is 13.3 Å². The second-order valence-electron chi connectivity index (χ2n) is 5.84. The highest BCUT2D eigenvalue weighted by Gasteiger charge is 2.25. The Bertz CT molecular complexity index is 157. The van der Waals surface area contributed by atoms with Crippen LogP contribution in [0.25, 0.3) is 0 Å². The third-order valence-electron chi connectivity index (χ3n) is 3.48. The van der Waals surface area contributed by atoms with Crippen molar-refractivity contribution < 1.29 is 0 Å². The average molecular weight is 183 g/mol. The molecule has 1 nitrogen and oxygen atoms in total. The Kier molecular flexibility index (Phi) is 3.39. The smallest absolute Gasteiger partial charge is 0.0122 e. The minimum atomic E-state index is 0.339. The van der Waals surface area contributed by atoms with Gasteiger partial charge in [-0.15, -0.1) is 0 Å². The third-order valence-corrected chi connectivity index (χ3v) is 3.48. The third kappa shape index (κ3) is 3.30. The monoisotopic (exact) mass is 183 g/mol. The lowest BCUT2D eigenvalue weighted by molar-refractivity contribution is 0.148. The van der Waals surface area contributed by atoms with E-state index in [-0.39, 0.29) is 0 Å². The fourth-order valence-corrected chi connectivity index (χ4v) is 2.15. The van der Waals surface area contributed by atoms with Gasteiger partial charge in [-0.05, 0) is 52.5 Å². The zero-order valence-electron chi connectivity index (χ0n) is 9.93. The Balaban J connectivity index is 2.33. The minimum Gasteiger partial charge on any atom is -0.301 e. The average Bonchev–Trinajstić information content (AvgIpc) is 2.33. The van der Waals surface area contributed by atoms with Crippen LogP contribution in [0.15, 0.2) is 0 Å². The van der Waals surface area contributed by atoms with Crippen molar-refractivity contribution in [3.63, 3.8) is 0 Å². The molecule has 0 amide bonds. The first-order chi connectivity index (χ1) is 5.89. The highest BCUT2D eigenvalue weighted by molar-refractivity contribution is 4.79. The van der Waals surface area contributed by atoms with Crippen molar-refractivity contribution in [1.82, 2.24) is 4.90 Å². The maximum atomic E-state index is 2.50. The highest BCUT2D eigenvalue weighted by Crippen LogP contribution is 2.31. The van der Waals surface area contributed by atoms with E-state index < -0.39 is 0 Å². The molecule has 0 heterocycles. The van der Waals surface area contributed by atoms with Gasteiger partial charge < -0.3 is 4.90 Å². The normalized spacial score (nSPS) is 30.0. The molecule has 2 unspecified atom stereocenters. The van der Waals surface area contributed by atoms with E-state index in [4.69, 9.17) is 0 Å². The Morgan fingerprint density at radius 1 is 1.23 bits per heavy atom. The van der Waals surface area contributed by atoms with E-state index in [1.54, 1.807) is 0 Å². The van der Waals surface area contributed by atoms with E-state index in [1.165, 1.54) is 25.8 Å². The van der Waals surface area contributed by atoms with Gasteiger partial charge in [0.1, 0.15) is 0 Å². The predicted molar refractivity (Wildman–Crippen MR) is 58.9 cm³/mol. The van der Waals surface area contributed by atoms with E-state index >= 15 is 0 Å². The Morgan fingerprint density at radius 3 is 2.23 bits per heavy atom. The number of hydrogen-bond acceptors (Lipinski definition) is 1. The molecule has 0 aromatic carbocycles. The van der Waals surface area contributed by atoms with Gasteiger partial charge in [-0.25, -0.2) is 0 Å². The molecular formula is C12H25N. The lowest BCUT2D eigenvalue weighted by atomic mass is 10.0. The molecule has 1 heteroatoms. The summed E-state index contributed by atoms with van der Waals surface area (Å²) >= 11 is 0. The minimum absolute atomic E-state index is 0.339. The van der Waals surface area contributed by atoms with Crippen LogP contribution in [0.3, 0.4) is 0 Å². The first kappa shape index (κ1) is 11.0. The Morgan fingerprint density at radius 2 is 1.85 bits per heavy atom. The predicted octanol–water partition coefficient (Wildman–Crippen LogP) is 3.15. The van der Waals surface area contributed by atoms with Gasteiger partial charge in [0.05, 0.1) is 0 Å². The SMILES string of the molecule is CC1CCC(CN(C)C(C)(C)C)C1. The largest absolute Gasteiger partial charge is 0.301 e. The number of rotatable bonds is 2. The molecule has 0 radical (unpaired) electrons. The Labute approximate surface area is 83.5 Å². The second-order valence-corrected chi connectivity index (χ2v) is 5.84. The van der Waals surface area contributed by atoms with Crippen LogP contribution >= 0.6 is 0 Å². The molecule has 0 N–H and O–H groups in total. The molecular weight excluding hydrogens is 158 g/mol. The van der Waals surface area contributed by atoms with E-state index in [9.17, 15) is 0 Å². The van der Waals surface area contributed by atoms with Crippen molar-refractivity contribution in [2.45, 2.75) is 52.5 Å². The maximum absolute atomic E-state index is 2.50. The standard InChI is InChI=1S/C12H25N/c1-10-6-7-11(8-10)9-13(5)12(2,3)4/h10-11H,6-9H2,1-5H3. The summed E-state index contributed by atoms with van der Waals surface area (Å²) in [7, 11) is 2.25. The Hall–Kier alpha value is -0.0400. The summed E-state index contributed by atoms with van der Waals surface area (Å²) in [4.78, 5) is 2.50. The molecule has 13 heavy (non-hydrogen) atoms. The lowest BCUT2D eigenvalue weighted by Gasteiger charge is -2.34. The van der Waals surface area contributed by atoms with E-state index in [0.717, 1.165) is 11.8 Å². The van der Waals surface area contributed by atoms with Gasteiger partial charge in [-0.3, -0.25) is 0 Å². The molecule has 78 valence electrons. The zero-order chi connectivity index (χ0) is 10.1. The number of hydrogen-bond donors (Lipinski definition) is 0. The second kappa shape index (κ2) is 4.00. The van der Waals surface area contributed by atoms with Gasteiger partial charge in [-0.2, -0.15) is 0 Å². The van der Waals surface area contributed by atoms with E-state index in [1.807, 2.05) is 0 Å². The van der Waals surface area contributed by atoms with Crippen molar-refractivity contribution >= 4 is 0 Å². The molecule has 2 atom stereocenters. The molecule has 0 saturated heterocycles. The van der Waals surface area contributed by atoms with Crippen LogP contribution in [-0.4, -0.2) is 24.0 Å². The molecule has 0 aromatic heterocycles. The van der Waals surface area contributed by atoms with Crippen molar-refractivity contribution in [3.05, 3.63) is 0 Å². The van der Waals surface area contributed by atoms with Gasteiger partial charge in [0, 0.05) is 12.1 Å². The highest BCUT2D eigenvalue weighted by atomic mass is 15.2. The lowest BCUT2D eigenvalue weighted by Crippen LogP contribution is -2.40. The van der Waals surface area contributed by atoms with Crippen LogP contribution in [0.4, 0.5) is 0 Å². The summed E-state index contributed by atoms with van der Waals surface area (Å²) in [5.41, 5.74) is 0.339.